The van der Waals surface area contributed by atoms with Crippen LogP contribution in [0, 0.1) is 19.7 Å². The van der Waals surface area contributed by atoms with E-state index in [-0.39, 0.29) is 17.7 Å². The highest BCUT2D eigenvalue weighted by molar-refractivity contribution is 8.18. The number of thioether (sulfide) groups is 1. The molecule has 0 atom stereocenters. The van der Waals surface area contributed by atoms with E-state index in [1.165, 1.54) is 37.4 Å². The molecule has 0 spiro atoms. The van der Waals surface area contributed by atoms with Gasteiger partial charge in [-0.15, -0.1) is 0 Å². The lowest BCUT2D eigenvalue weighted by Crippen LogP contribution is -2.27. The Morgan fingerprint density at radius 1 is 1.18 bits per heavy atom. The van der Waals surface area contributed by atoms with Crippen molar-refractivity contribution in [2.75, 3.05) is 0 Å². The van der Waals surface area contributed by atoms with E-state index in [9.17, 15) is 14.0 Å². The summed E-state index contributed by atoms with van der Waals surface area (Å²) in [4.78, 5) is 26.7. The van der Waals surface area contributed by atoms with E-state index in [4.69, 9.17) is 0 Å². The summed E-state index contributed by atoms with van der Waals surface area (Å²) in [5.74, 6) is -0.769. The van der Waals surface area contributed by atoms with Gasteiger partial charge in [0.05, 0.1) is 11.4 Å². The standard InChI is InChI=1S/C22H23FN2O2S/c1-14-11-17(15(2)25(14)18-8-4-5-9-18)12-20-21(26)24(22(27)28-20)13-16-7-3-6-10-19(16)23/h3,6-7,10-12,18H,4-5,8-9,13H2,1-2H3/b20-12-. The minimum atomic E-state index is -0.411. The topological polar surface area (TPSA) is 42.3 Å². The molecule has 2 fully saturated rings. The first kappa shape index (κ1) is 19.0. The van der Waals surface area contributed by atoms with Crippen LogP contribution >= 0.6 is 11.8 Å². The molecular formula is C22H23FN2O2S. The molecule has 2 amide bonds. The van der Waals surface area contributed by atoms with E-state index in [1.807, 2.05) is 0 Å². The Balaban J connectivity index is 1.59. The second-order valence-corrected chi connectivity index (χ2v) is 8.49. The van der Waals surface area contributed by atoms with Gasteiger partial charge >= 0.3 is 0 Å². The van der Waals surface area contributed by atoms with Crippen molar-refractivity contribution < 1.29 is 14.0 Å². The van der Waals surface area contributed by atoms with Crippen LogP contribution < -0.4 is 0 Å². The quantitative estimate of drug-likeness (QED) is 0.630. The van der Waals surface area contributed by atoms with Crippen LogP contribution in [-0.4, -0.2) is 20.6 Å². The van der Waals surface area contributed by atoms with Gasteiger partial charge in [0.15, 0.2) is 0 Å². The Bertz CT molecular complexity index is 973. The van der Waals surface area contributed by atoms with Gasteiger partial charge in [-0.2, -0.15) is 0 Å². The molecule has 2 aromatic rings. The lowest BCUT2D eigenvalue weighted by atomic mass is 10.2. The van der Waals surface area contributed by atoms with Crippen LogP contribution in [0.1, 0.15) is 54.2 Å². The maximum Gasteiger partial charge on any atom is 0.293 e. The smallest absolute Gasteiger partial charge is 0.293 e. The Morgan fingerprint density at radius 3 is 2.61 bits per heavy atom. The minimum absolute atomic E-state index is 0.0459. The molecule has 1 saturated carbocycles. The number of nitrogens with zero attached hydrogens (tertiary/aromatic N) is 2. The van der Waals surface area contributed by atoms with E-state index >= 15 is 0 Å². The molecule has 1 aromatic heterocycles. The molecule has 2 aliphatic rings. The molecule has 146 valence electrons. The van der Waals surface area contributed by atoms with Gasteiger partial charge < -0.3 is 4.57 Å². The predicted molar refractivity (Wildman–Crippen MR) is 109 cm³/mol. The van der Waals surface area contributed by atoms with Crippen molar-refractivity contribution in [2.24, 2.45) is 0 Å². The van der Waals surface area contributed by atoms with Gasteiger partial charge in [-0.05, 0) is 62.2 Å². The molecule has 1 saturated heterocycles. The van der Waals surface area contributed by atoms with Gasteiger partial charge in [0.2, 0.25) is 0 Å². The molecule has 6 heteroatoms. The molecule has 1 aromatic carbocycles. The first-order chi connectivity index (χ1) is 13.5. The maximum atomic E-state index is 13.9. The second kappa shape index (κ2) is 7.59. The molecule has 2 heterocycles. The third-order valence-electron chi connectivity index (χ3n) is 5.66. The van der Waals surface area contributed by atoms with Crippen LogP contribution in [0.5, 0.6) is 0 Å². The van der Waals surface area contributed by atoms with Crippen LogP contribution in [0.15, 0.2) is 35.2 Å². The van der Waals surface area contributed by atoms with Gasteiger partial charge in [-0.25, -0.2) is 4.39 Å². The van der Waals surface area contributed by atoms with Crippen LogP contribution in [0.2, 0.25) is 0 Å². The molecule has 1 aliphatic heterocycles. The Kier molecular flexibility index (Phi) is 5.15. The number of imide groups is 1. The summed E-state index contributed by atoms with van der Waals surface area (Å²) >= 11 is 0.925. The number of aryl methyl sites for hydroxylation is 1. The number of amides is 2. The van der Waals surface area contributed by atoms with E-state index in [1.54, 1.807) is 24.3 Å². The lowest BCUT2D eigenvalue weighted by molar-refractivity contribution is -0.123. The van der Waals surface area contributed by atoms with Crippen LogP contribution in [0.3, 0.4) is 0 Å². The third kappa shape index (κ3) is 3.41. The summed E-state index contributed by atoms with van der Waals surface area (Å²) in [7, 11) is 0. The van der Waals surface area contributed by atoms with E-state index in [2.05, 4.69) is 24.5 Å². The van der Waals surface area contributed by atoms with Gasteiger partial charge in [0, 0.05) is 23.0 Å². The van der Waals surface area contributed by atoms with Crippen LogP contribution in [-0.2, 0) is 11.3 Å². The van der Waals surface area contributed by atoms with Gasteiger partial charge in [0.25, 0.3) is 11.1 Å². The summed E-state index contributed by atoms with van der Waals surface area (Å²) < 4.78 is 16.3. The van der Waals surface area contributed by atoms with Crippen LogP contribution in [0.25, 0.3) is 6.08 Å². The predicted octanol–water partition coefficient (Wildman–Crippen LogP) is 5.60. The average Bonchev–Trinajstić information content (AvgIpc) is 3.34. The highest BCUT2D eigenvalue weighted by Gasteiger charge is 2.35. The zero-order valence-electron chi connectivity index (χ0n) is 16.1. The van der Waals surface area contributed by atoms with Crippen molar-refractivity contribution in [2.45, 2.75) is 52.1 Å². The van der Waals surface area contributed by atoms with Crippen molar-refractivity contribution in [1.29, 1.82) is 0 Å². The highest BCUT2D eigenvalue weighted by Crippen LogP contribution is 2.37. The highest BCUT2D eigenvalue weighted by atomic mass is 32.2. The summed E-state index contributed by atoms with van der Waals surface area (Å²) in [5, 5.41) is -0.357. The molecule has 1 aliphatic carbocycles. The number of carbonyl (C=O) groups excluding carboxylic acids is 2. The number of halogens is 1. The fourth-order valence-electron chi connectivity index (χ4n) is 4.25. The summed E-state index contributed by atoms with van der Waals surface area (Å²) in [6.45, 7) is 4.11. The first-order valence-electron chi connectivity index (χ1n) is 9.63. The fraction of sp³-hybridized carbons (Fsp3) is 0.364. The number of hydrogen-bond donors (Lipinski definition) is 0. The molecular weight excluding hydrogens is 375 g/mol. The second-order valence-electron chi connectivity index (χ2n) is 7.49. The van der Waals surface area contributed by atoms with Crippen LogP contribution in [0.4, 0.5) is 9.18 Å². The molecule has 4 rings (SSSR count). The third-order valence-corrected chi connectivity index (χ3v) is 6.57. The summed E-state index contributed by atoms with van der Waals surface area (Å²) in [5.41, 5.74) is 3.62. The van der Waals surface area contributed by atoms with E-state index in [0.29, 0.717) is 16.5 Å². The lowest BCUT2D eigenvalue weighted by Gasteiger charge is -2.17. The molecule has 0 radical (unpaired) electrons. The SMILES string of the molecule is Cc1cc(/C=C2\SC(=O)N(Cc3ccccc3F)C2=O)c(C)n1C1CCCC1. The monoisotopic (exact) mass is 398 g/mol. The van der Waals surface area contributed by atoms with Gasteiger partial charge in [-0.1, -0.05) is 31.0 Å². The molecule has 0 bridgehead atoms. The molecule has 28 heavy (non-hydrogen) atoms. The van der Waals surface area contributed by atoms with Crippen molar-refractivity contribution in [3.63, 3.8) is 0 Å². The van der Waals surface area contributed by atoms with Gasteiger partial charge in [0.1, 0.15) is 5.82 Å². The van der Waals surface area contributed by atoms with E-state index in [0.717, 1.165) is 27.9 Å². The Morgan fingerprint density at radius 2 is 1.89 bits per heavy atom. The minimum Gasteiger partial charge on any atom is -0.346 e. The molecule has 4 nitrogen and oxygen atoms in total. The average molecular weight is 399 g/mol. The molecule has 0 unspecified atom stereocenters. The molecule has 0 N–H and O–H groups in total. The number of hydrogen-bond acceptors (Lipinski definition) is 3. The maximum absolute atomic E-state index is 13.9. The fourth-order valence-corrected chi connectivity index (χ4v) is 5.08. The zero-order chi connectivity index (χ0) is 19.8. The summed E-state index contributed by atoms with van der Waals surface area (Å²) in [6, 6.07) is 8.83. The first-order valence-corrected chi connectivity index (χ1v) is 10.4. The van der Waals surface area contributed by atoms with Gasteiger partial charge in [-0.3, -0.25) is 14.5 Å². The number of aromatic nitrogens is 1. The number of benzene rings is 1. The normalized spacial score (nSPS) is 19.4. The van der Waals surface area contributed by atoms with Crippen molar-refractivity contribution in [3.8, 4) is 0 Å². The largest absolute Gasteiger partial charge is 0.346 e. The Labute approximate surface area is 168 Å². The number of carbonyl (C=O) groups is 2. The van der Waals surface area contributed by atoms with E-state index < -0.39 is 5.82 Å². The zero-order valence-corrected chi connectivity index (χ0v) is 16.9. The van der Waals surface area contributed by atoms with Crippen molar-refractivity contribution >= 4 is 29.0 Å². The number of rotatable bonds is 4. The summed E-state index contributed by atoms with van der Waals surface area (Å²) in [6.07, 6.45) is 6.70. The van der Waals surface area contributed by atoms with Crippen molar-refractivity contribution in [3.05, 3.63) is 63.6 Å². The van der Waals surface area contributed by atoms with Crippen molar-refractivity contribution in [1.82, 2.24) is 9.47 Å². The Hall–Kier alpha value is -2.34.